The van der Waals surface area contributed by atoms with Gasteiger partial charge in [-0.05, 0) is 31.7 Å². The lowest BCUT2D eigenvalue weighted by atomic mass is 9.90. The number of carbonyl (C=O) groups is 1. The van der Waals surface area contributed by atoms with E-state index in [0.29, 0.717) is 11.8 Å². The maximum atomic E-state index is 11.9. The molecule has 0 spiro atoms. The number of likely N-dealkylation sites (tertiary alicyclic amines) is 1. The fourth-order valence-corrected chi connectivity index (χ4v) is 3.18. The van der Waals surface area contributed by atoms with Gasteiger partial charge >= 0.3 is 5.97 Å². The molecule has 3 atom stereocenters. The van der Waals surface area contributed by atoms with Crippen LogP contribution in [0, 0.1) is 11.8 Å². The molecule has 0 aromatic rings. The molecular formula is C14H28N2O2. The lowest BCUT2D eigenvalue weighted by molar-refractivity contribution is -0.149. The molecule has 0 saturated carbocycles. The molecule has 1 saturated heterocycles. The van der Waals surface area contributed by atoms with E-state index < -0.39 is 5.54 Å². The topological polar surface area (TPSA) is 41.6 Å². The van der Waals surface area contributed by atoms with Gasteiger partial charge in [0.25, 0.3) is 0 Å². The molecular weight excluding hydrogens is 228 g/mol. The van der Waals surface area contributed by atoms with Gasteiger partial charge in [-0.25, -0.2) is 0 Å². The van der Waals surface area contributed by atoms with Crippen LogP contribution in [0.4, 0.5) is 0 Å². The van der Waals surface area contributed by atoms with Gasteiger partial charge in [0, 0.05) is 19.6 Å². The number of nitrogens with one attached hydrogen (secondary N) is 1. The fourth-order valence-electron chi connectivity index (χ4n) is 3.18. The fraction of sp³-hybridized carbons (Fsp3) is 0.929. The van der Waals surface area contributed by atoms with Crippen LogP contribution in [0.3, 0.4) is 0 Å². The SMILES string of the molecule is CCNC(C)(CN1CC(C)CC(C)C1)C(=O)OC. The summed E-state index contributed by atoms with van der Waals surface area (Å²) >= 11 is 0. The van der Waals surface area contributed by atoms with E-state index in [1.165, 1.54) is 13.5 Å². The van der Waals surface area contributed by atoms with Crippen molar-refractivity contribution in [2.45, 2.75) is 39.7 Å². The second kappa shape index (κ2) is 6.53. The molecule has 4 heteroatoms. The first-order valence-corrected chi connectivity index (χ1v) is 6.97. The van der Waals surface area contributed by atoms with Crippen molar-refractivity contribution in [1.29, 1.82) is 0 Å². The summed E-state index contributed by atoms with van der Waals surface area (Å²) in [6.07, 6.45) is 1.28. The Kier molecular flexibility index (Phi) is 5.60. The largest absolute Gasteiger partial charge is 0.468 e. The molecule has 1 N–H and O–H groups in total. The highest BCUT2D eigenvalue weighted by atomic mass is 16.5. The standard InChI is InChI=1S/C14H28N2O2/c1-6-15-14(4,13(17)18-5)10-16-8-11(2)7-12(3)9-16/h11-12,15H,6-10H2,1-5H3. The second-order valence-electron chi connectivity index (χ2n) is 5.99. The molecule has 4 nitrogen and oxygen atoms in total. The quantitative estimate of drug-likeness (QED) is 0.757. The molecule has 0 aromatic heterocycles. The molecule has 0 radical (unpaired) electrons. The molecule has 0 aliphatic carbocycles. The minimum absolute atomic E-state index is 0.171. The number of hydrogen-bond donors (Lipinski definition) is 1. The van der Waals surface area contributed by atoms with Gasteiger partial charge in [0.1, 0.15) is 5.54 Å². The first-order valence-electron chi connectivity index (χ1n) is 6.97. The van der Waals surface area contributed by atoms with Crippen LogP contribution >= 0.6 is 0 Å². The zero-order valence-corrected chi connectivity index (χ0v) is 12.5. The Morgan fingerprint density at radius 3 is 2.39 bits per heavy atom. The average Bonchev–Trinajstić information content (AvgIpc) is 2.26. The number of piperidine rings is 1. The van der Waals surface area contributed by atoms with Crippen molar-refractivity contribution >= 4 is 5.97 Å². The van der Waals surface area contributed by atoms with Gasteiger partial charge in [-0.3, -0.25) is 4.79 Å². The summed E-state index contributed by atoms with van der Waals surface area (Å²) in [6, 6.07) is 0. The Morgan fingerprint density at radius 1 is 1.39 bits per heavy atom. The molecule has 1 aliphatic heterocycles. The third-order valence-electron chi connectivity index (χ3n) is 3.69. The normalized spacial score (nSPS) is 28.7. The van der Waals surface area contributed by atoms with E-state index >= 15 is 0 Å². The van der Waals surface area contributed by atoms with Gasteiger partial charge < -0.3 is 15.0 Å². The van der Waals surface area contributed by atoms with Crippen LogP contribution in [0.25, 0.3) is 0 Å². The minimum Gasteiger partial charge on any atom is -0.468 e. The van der Waals surface area contributed by atoms with E-state index in [-0.39, 0.29) is 5.97 Å². The summed E-state index contributed by atoms with van der Waals surface area (Å²) < 4.78 is 4.94. The monoisotopic (exact) mass is 256 g/mol. The van der Waals surface area contributed by atoms with Gasteiger partial charge in [0.05, 0.1) is 7.11 Å². The summed E-state index contributed by atoms with van der Waals surface area (Å²) in [7, 11) is 1.46. The number of rotatable bonds is 5. The maximum absolute atomic E-state index is 11.9. The molecule has 106 valence electrons. The predicted octanol–water partition coefficient (Wildman–Crippen LogP) is 1.51. The molecule has 0 amide bonds. The third kappa shape index (κ3) is 3.95. The number of carbonyl (C=O) groups excluding carboxylic acids is 1. The van der Waals surface area contributed by atoms with E-state index in [2.05, 4.69) is 24.1 Å². The Labute approximate surface area is 111 Å². The number of hydrogen-bond acceptors (Lipinski definition) is 4. The van der Waals surface area contributed by atoms with Crippen LogP contribution in [0.15, 0.2) is 0 Å². The second-order valence-corrected chi connectivity index (χ2v) is 5.99. The van der Waals surface area contributed by atoms with Gasteiger partial charge in [-0.2, -0.15) is 0 Å². The molecule has 3 unspecified atom stereocenters. The number of nitrogens with zero attached hydrogens (tertiary/aromatic N) is 1. The van der Waals surface area contributed by atoms with Crippen molar-refractivity contribution in [2.24, 2.45) is 11.8 Å². The van der Waals surface area contributed by atoms with Crippen LogP contribution in [-0.2, 0) is 9.53 Å². The van der Waals surface area contributed by atoms with Crippen LogP contribution in [-0.4, -0.2) is 49.7 Å². The Bertz CT molecular complexity index is 273. The summed E-state index contributed by atoms with van der Waals surface area (Å²) in [4.78, 5) is 14.3. The van der Waals surface area contributed by atoms with Gasteiger partial charge in [-0.15, -0.1) is 0 Å². The van der Waals surface area contributed by atoms with Crippen molar-refractivity contribution in [3.63, 3.8) is 0 Å². The van der Waals surface area contributed by atoms with Crippen LogP contribution < -0.4 is 5.32 Å². The first-order chi connectivity index (χ1) is 8.41. The van der Waals surface area contributed by atoms with Crippen molar-refractivity contribution in [2.75, 3.05) is 33.3 Å². The zero-order chi connectivity index (χ0) is 13.8. The van der Waals surface area contributed by atoms with Crippen LogP contribution in [0.2, 0.25) is 0 Å². The number of ether oxygens (including phenoxy) is 1. The van der Waals surface area contributed by atoms with Crippen molar-refractivity contribution in [1.82, 2.24) is 10.2 Å². The molecule has 1 aliphatic rings. The highest BCUT2D eigenvalue weighted by Gasteiger charge is 2.37. The highest BCUT2D eigenvalue weighted by molar-refractivity contribution is 5.80. The average molecular weight is 256 g/mol. The van der Waals surface area contributed by atoms with Crippen molar-refractivity contribution in [3.05, 3.63) is 0 Å². The molecule has 1 heterocycles. The highest BCUT2D eigenvalue weighted by Crippen LogP contribution is 2.22. The molecule has 1 rings (SSSR count). The summed E-state index contributed by atoms with van der Waals surface area (Å²) in [5.74, 6) is 1.24. The molecule has 0 bridgehead atoms. The van der Waals surface area contributed by atoms with Crippen LogP contribution in [0.5, 0.6) is 0 Å². The smallest absolute Gasteiger partial charge is 0.327 e. The molecule has 0 aromatic carbocycles. The molecule has 1 fully saturated rings. The third-order valence-corrected chi connectivity index (χ3v) is 3.69. The summed E-state index contributed by atoms with van der Waals surface area (Å²) in [5.41, 5.74) is -0.597. The van der Waals surface area contributed by atoms with Crippen LogP contribution in [0.1, 0.15) is 34.1 Å². The Morgan fingerprint density at radius 2 is 1.94 bits per heavy atom. The number of methoxy groups -OCH3 is 1. The lowest BCUT2D eigenvalue weighted by Crippen LogP contribution is -2.59. The summed E-state index contributed by atoms with van der Waals surface area (Å²) in [5, 5.41) is 3.27. The van der Waals surface area contributed by atoms with E-state index in [9.17, 15) is 4.79 Å². The minimum atomic E-state index is -0.597. The number of likely N-dealkylation sites (N-methyl/N-ethyl adjacent to an activating group) is 1. The van der Waals surface area contributed by atoms with E-state index in [4.69, 9.17) is 4.74 Å². The maximum Gasteiger partial charge on any atom is 0.327 e. The van der Waals surface area contributed by atoms with E-state index in [0.717, 1.165) is 26.2 Å². The van der Waals surface area contributed by atoms with Crippen molar-refractivity contribution in [3.8, 4) is 0 Å². The van der Waals surface area contributed by atoms with Gasteiger partial charge in [0.15, 0.2) is 0 Å². The zero-order valence-electron chi connectivity index (χ0n) is 12.5. The Hall–Kier alpha value is -0.610. The van der Waals surface area contributed by atoms with E-state index in [1.807, 2.05) is 13.8 Å². The molecule has 18 heavy (non-hydrogen) atoms. The number of esters is 1. The van der Waals surface area contributed by atoms with Crippen molar-refractivity contribution < 1.29 is 9.53 Å². The van der Waals surface area contributed by atoms with Gasteiger partial charge in [0.2, 0.25) is 0 Å². The summed E-state index contributed by atoms with van der Waals surface area (Å²) in [6.45, 7) is 12.2. The first kappa shape index (κ1) is 15.4. The van der Waals surface area contributed by atoms with E-state index in [1.54, 1.807) is 0 Å². The van der Waals surface area contributed by atoms with Gasteiger partial charge in [-0.1, -0.05) is 20.8 Å². The predicted molar refractivity (Wildman–Crippen MR) is 73.5 cm³/mol. The Balaban J connectivity index is 2.68. The lowest BCUT2D eigenvalue weighted by Gasteiger charge is -2.40.